The van der Waals surface area contributed by atoms with Gasteiger partial charge in [-0.05, 0) is 35.7 Å². The van der Waals surface area contributed by atoms with Crippen molar-refractivity contribution in [2.45, 2.75) is 0 Å². The zero-order valence-corrected chi connectivity index (χ0v) is 8.33. The molecule has 0 heterocycles. The van der Waals surface area contributed by atoms with Crippen LogP contribution in [0.15, 0.2) is 48.5 Å². The first kappa shape index (κ1) is 9.29. The maximum atomic E-state index is 5.80. The van der Waals surface area contributed by atoms with Crippen molar-refractivity contribution in [2.24, 2.45) is 0 Å². The third-order valence-corrected chi connectivity index (χ3v) is 2.34. The van der Waals surface area contributed by atoms with E-state index in [0.29, 0.717) is 0 Å². The Hall–Kier alpha value is -1.27. The van der Waals surface area contributed by atoms with Crippen molar-refractivity contribution >= 4 is 11.6 Å². The van der Waals surface area contributed by atoms with E-state index in [1.807, 2.05) is 48.5 Å². The van der Waals surface area contributed by atoms with Gasteiger partial charge >= 0.3 is 0 Å². The normalized spacial score (nSPS) is 10.1. The van der Waals surface area contributed by atoms with Gasteiger partial charge in [0.2, 0.25) is 0 Å². The van der Waals surface area contributed by atoms with Gasteiger partial charge < -0.3 is 0 Å². The second-order valence-corrected chi connectivity index (χ2v) is 3.57. The van der Waals surface area contributed by atoms with Crippen molar-refractivity contribution in [3.05, 3.63) is 66.0 Å². The predicted octanol–water partition coefficient (Wildman–Crippen LogP) is 4.07. The first-order valence-corrected chi connectivity index (χ1v) is 4.75. The zero-order chi connectivity index (χ0) is 9.97. The van der Waals surface area contributed by atoms with Crippen molar-refractivity contribution in [2.75, 3.05) is 0 Å². The van der Waals surface area contributed by atoms with E-state index in [-0.39, 0.29) is 0 Å². The van der Waals surface area contributed by atoms with Crippen LogP contribution in [-0.2, 0) is 0 Å². The van der Waals surface area contributed by atoms with Gasteiger partial charge in [0, 0.05) is 5.02 Å². The van der Waals surface area contributed by atoms with E-state index in [0.717, 1.165) is 21.7 Å². The molecular formula is C13H9Cl. The first-order valence-electron chi connectivity index (χ1n) is 4.37. The molecule has 2 rings (SSSR count). The largest absolute Gasteiger partial charge is 0.0843 e. The minimum atomic E-state index is 0.754. The van der Waals surface area contributed by atoms with Gasteiger partial charge in [0.15, 0.2) is 0 Å². The van der Waals surface area contributed by atoms with Crippen molar-refractivity contribution in [1.29, 1.82) is 0 Å². The molecule has 0 aliphatic carbocycles. The van der Waals surface area contributed by atoms with Gasteiger partial charge in [0.25, 0.3) is 0 Å². The molecule has 14 heavy (non-hydrogen) atoms. The van der Waals surface area contributed by atoms with E-state index in [9.17, 15) is 0 Å². The number of hydrogen-bond donors (Lipinski definition) is 0. The molecule has 0 aliphatic heterocycles. The smallest absolute Gasteiger partial charge is 0.0406 e. The van der Waals surface area contributed by atoms with Crippen LogP contribution in [0.3, 0.4) is 0 Å². The Morgan fingerprint density at radius 3 is 1.64 bits per heavy atom. The van der Waals surface area contributed by atoms with Crippen LogP contribution in [0.4, 0.5) is 0 Å². The minimum Gasteiger partial charge on any atom is -0.0843 e. The molecule has 0 atom stereocenters. The van der Waals surface area contributed by atoms with Gasteiger partial charge in [-0.1, -0.05) is 48.0 Å². The molecule has 0 spiro atoms. The number of benzene rings is 2. The monoisotopic (exact) mass is 200 g/mol. The molecule has 0 aliphatic rings. The number of hydrogen-bond acceptors (Lipinski definition) is 0. The summed E-state index contributed by atoms with van der Waals surface area (Å²) in [5, 5.41) is 0.754. The molecule has 68 valence electrons. The highest BCUT2D eigenvalue weighted by Crippen LogP contribution is 2.21. The first-order chi connectivity index (χ1) is 6.75. The molecule has 2 radical (unpaired) electrons. The summed E-state index contributed by atoms with van der Waals surface area (Å²) in [7, 11) is 0. The molecule has 2 aromatic carbocycles. The Balaban J connectivity index is 2.40. The fourth-order valence-corrected chi connectivity index (χ4v) is 1.44. The molecule has 1 heteroatoms. The lowest BCUT2D eigenvalue weighted by Crippen LogP contribution is -1.77. The van der Waals surface area contributed by atoms with Gasteiger partial charge in [-0.15, -0.1) is 0 Å². The van der Waals surface area contributed by atoms with E-state index < -0.39 is 0 Å². The van der Waals surface area contributed by atoms with Crippen LogP contribution >= 0.6 is 11.6 Å². The Labute approximate surface area is 89.2 Å². The van der Waals surface area contributed by atoms with Crippen molar-refractivity contribution in [3.63, 3.8) is 0 Å². The molecule has 0 saturated carbocycles. The van der Waals surface area contributed by atoms with Crippen molar-refractivity contribution in [1.82, 2.24) is 0 Å². The second-order valence-electron chi connectivity index (χ2n) is 3.13. The molecule has 0 N–H and O–H groups in total. The van der Waals surface area contributed by atoms with Crippen LogP contribution in [0.25, 0.3) is 11.1 Å². The predicted molar refractivity (Wildman–Crippen MR) is 60.3 cm³/mol. The Bertz CT molecular complexity index is 368. The van der Waals surface area contributed by atoms with Gasteiger partial charge in [-0.3, -0.25) is 0 Å². The maximum Gasteiger partial charge on any atom is 0.0406 e. The number of rotatable bonds is 1. The average molecular weight is 201 g/mol. The van der Waals surface area contributed by atoms with Crippen molar-refractivity contribution in [3.8, 4) is 11.1 Å². The number of halogens is 1. The Kier molecular flexibility index (Phi) is 2.55. The summed E-state index contributed by atoms with van der Waals surface area (Å²) in [4.78, 5) is 0. The van der Waals surface area contributed by atoms with Crippen LogP contribution < -0.4 is 0 Å². The SMILES string of the molecule is [CH]c1ccc(-c2ccc(Cl)cc2)cc1. The third-order valence-electron chi connectivity index (χ3n) is 2.09. The summed E-state index contributed by atoms with van der Waals surface area (Å²) in [6, 6.07) is 15.5. The van der Waals surface area contributed by atoms with E-state index in [1.54, 1.807) is 0 Å². The molecule has 2 aromatic rings. The fourth-order valence-electron chi connectivity index (χ4n) is 1.32. The molecular weight excluding hydrogens is 192 g/mol. The average Bonchev–Trinajstić information content (AvgIpc) is 2.21. The fraction of sp³-hybridized carbons (Fsp3) is 0. The summed E-state index contributed by atoms with van der Waals surface area (Å²) in [6.45, 7) is 5.61. The topological polar surface area (TPSA) is 0 Å². The molecule has 0 saturated heterocycles. The molecule has 0 unspecified atom stereocenters. The van der Waals surface area contributed by atoms with Crippen LogP contribution in [-0.4, -0.2) is 0 Å². The lowest BCUT2D eigenvalue weighted by atomic mass is 10.0. The maximum absolute atomic E-state index is 5.80. The summed E-state index contributed by atoms with van der Waals surface area (Å²) >= 11 is 5.80. The summed E-state index contributed by atoms with van der Waals surface area (Å²) in [5.41, 5.74) is 3.08. The van der Waals surface area contributed by atoms with Crippen molar-refractivity contribution < 1.29 is 0 Å². The van der Waals surface area contributed by atoms with E-state index in [4.69, 9.17) is 18.5 Å². The van der Waals surface area contributed by atoms with E-state index >= 15 is 0 Å². The molecule has 0 bridgehead atoms. The van der Waals surface area contributed by atoms with Crippen LogP contribution in [0, 0.1) is 6.92 Å². The quantitative estimate of drug-likeness (QED) is 0.651. The summed E-state index contributed by atoms with van der Waals surface area (Å²) < 4.78 is 0. The lowest BCUT2D eigenvalue weighted by Gasteiger charge is -2.01. The zero-order valence-electron chi connectivity index (χ0n) is 7.57. The Morgan fingerprint density at radius 2 is 1.14 bits per heavy atom. The second kappa shape index (κ2) is 3.85. The molecule has 0 amide bonds. The highest BCUT2D eigenvalue weighted by Gasteiger charge is 1.96. The van der Waals surface area contributed by atoms with Gasteiger partial charge in [-0.2, -0.15) is 0 Å². The van der Waals surface area contributed by atoms with E-state index in [1.165, 1.54) is 0 Å². The van der Waals surface area contributed by atoms with Gasteiger partial charge in [0.05, 0.1) is 0 Å². The molecule has 0 fully saturated rings. The lowest BCUT2D eigenvalue weighted by molar-refractivity contribution is 1.58. The van der Waals surface area contributed by atoms with Crippen LogP contribution in [0.5, 0.6) is 0 Å². The van der Waals surface area contributed by atoms with E-state index in [2.05, 4.69) is 0 Å². The minimum absolute atomic E-state index is 0.754. The highest BCUT2D eigenvalue weighted by molar-refractivity contribution is 6.30. The molecule has 0 nitrogen and oxygen atoms in total. The standard InChI is InChI=1S/C13H9Cl/c1-10-2-4-11(5-3-10)12-6-8-13(14)9-7-12/h1-9H. The van der Waals surface area contributed by atoms with Gasteiger partial charge in [-0.25, -0.2) is 0 Å². The molecule has 0 aromatic heterocycles. The van der Waals surface area contributed by atoms with Crippen LogP contribution in [0.1, 0.15) is 5.56 Å². The van der Waals surface area contributed by atoms with Crippen LogP contribution in [0.2, 0.25) is 5.02 Å². The third kappa shape index (κ3) is 1.97. The Morgan fingerprint density at radius 1 is 0.714 bits per heavy atom. The summed E-state index contributed by atoms with van der Waals surface area (Å²) in [5.74, 6) is 0. The van der Waals surface area contributed by atoms with Gasteiger partial charge in [0.1, 0.15) is 0 Å². The summed E-state index contributed by atoms with van der Waals surface area (Å²) in [6.07, 6.45) is 0. The highest BCUT2D eigenvalue weighted by atomic mass is 35.5.